The van der Waals surface area contributed by atoms with E-state index < -0.39 is 28.8 Å². The van der Waals surface area contributed by atoms with Crippen molar-refractivity contribution in [1.82, 2.24) is 4.90 Å². The number of nitrogens with one attached hydrogen (secondary N) is 1. The molecule has 0 spiro atoms. The number of rotatable bonds is 1. The van der Waals surface area contributed by atoms with Gasteiger partial charge in [-0.3, -0.25) is 9.69 Å². The number of anilines is 2. The summed E-state index contributed by atoms with van der Waals surface area (Å²) in [6.07, 6.45) is -4.52. The van der Waals surface area contributed by atoms with Gasteiger partial charge in [0.15, 0.2) is 0 Å². The Balaban J connectivity index is 1.81. The smallest absolute Gasteiger partial charge is 0.416 e. The van der Waals surface area contributed by atoms with Crippen LogP contribution in [0, 0.1) is 5.21 Å². The molecule has 0 saturated carbocycles. The maximum absolute atomic E-state index is 12.9. The highest BCUT2D eigenvalue weighted by Gasteiger charge is 2.47. The van der Waals surface area contributed by atoms with E-state index in [1.165, 1.54) is 7.05 Å². The van der Waals surface area contributed by atoms with Crippen LogP contribution in [0.25, 0.3) is 0 Å². The molecule has 2 aliphatic rings. The molecular formula is C17H13F3N4O3. The standard InChI is InChI=1S/C17H13F3N4O3/c1-21-14-16(26)22(11-8-6-10(7-9-11)17(18,19)20)24(27)23(14)13-5-3-2-4-12(13)15(21)25/h2-9,24,26H,1H3. The Morgan fingerprint density at radius 3 is 2.30 bits per heavy atom. The average Bonchev–Trinajstić information content (AvgIpc) is 2.90. The van der Waals surface area contributed by atoms with Crippen LogP contribution in [0.15, 0.2) is 60.2 Å². The zero-order valence-electron chi connectivity index (χ0n) is 13.9. The molecule has 1 unspecified atom stereocenters. The van der Waals surface area contributed by atoms with Gasteiger partial charge >= 0.3 is 6.18 Å². The van der Waals surface area contributed by atoms with Crippen molar-refractivity contribution in [3.05, 3.63) is 76.6 Å². The number of hydrogen-bond acceptors (Lipinski definition) is 5. The average molecular weight is 378 g/mol. The molecule has 0 bridgehead atoms. The number of quaternary nitrogens is 1. The van der Waals surface area contributed by atoms with Gasteiger partial charge < -0.3 is 10.3 Å². The predicted octanol–water partition coefficient (Wildman–Crippen LogP) is 2.01. The lowest BCUT2D eigenvalue weighted by Crippen LogP contribution is -3.19. The number of benzene rings is 2. The normalized spacial score (nSPS) is 19.5. The van der Waals surface area contributed by atoms with Gasteiger partial charge in [-0.25, -0.2) is 0 Å². The van der Waals surface area contributed by atoms with Crippen LogP contribution in [0.4, 0.5) is 24.5 Å². The molecular weight excluding hydrogens is 365 g/mol. The third kappa shape index (κ3) is 2.41. The summed E-state index contributed by atoms with van der Waals surface area (Å²) in [5.74, 6) is -1.00. The maximum atomic E-state index is 12.9. The second-order valence-corrected chi connectivity index (χ2v) is 6.03. The van der Waals surface area contributed by atoms with Crippen molar-refractivity contribution in [2.75, 3.05) is 17.1 Å². The second kappa shape index (κ2) is 5.63. The number of aliphatic hydroxyl groups excluding tert-OH is 1. The third-order valence-electron chi connectivity index (χ3n) is 4.46. The molecule has 10 heteroatoms. The minimum atomic E-state index is -4.52. The van der Waals surface area contributed by atoms with Crippen molar-refractivity contribution < 1.29 is 28.4 Å². The van der Waals surface area contributed by atoms with E-state index in [-0.39, 0.29) is 17.1 Å². The molecule has 0 aliphatic carbocycles. The predicted molar refractivity (Wildman–Crippen MR) is 88.9 cm³/mol. The van der Waals surface area contributed by atoms with Crippen molar-refractivity contribution in [3.63, 3.8) is 0 Å². The van der Waals surface area contributed by atoms with Crippen LogP contribution < -0.4 is 15.3 Å². The van der Waals surface area contributed by atoms with E-state index >= 15 is 0 Å². The van der Waals surface area contributed by atoms with Crippen LogP contribution in [0.1, 0.15) is 15.9 Å². The molecule has 2 aromatic rings. The molecule has 0 fully saturated rings. The molecule has 1 amide bonds. The lowest BCUT2D eigenvalue weighted by atomic mass is 10.1. The summed E-state index contributed by atoms with van der Waals surface area (Å²) in [7, 11) is 1.40. The van der Waals surface area contributed by atoms with Crippen LogP contribution in [-0.2, 0) is 6.18 Å². The number of halogens is 3. The molecule has 1 atom stereocenters. The topological polar surface area (TPSA) is 74.5 Å². The van der Waals surface area contributed by atoms with Gasteiger partial charge in [0, 0.05) is 7.05 Å². The Labute approximate surface area is 151 Å². The fraction of sp³-hybridized carbons (Fsp3) is 0.118. The summed E-state index contributed by atoms with van der Waals surface area (Å²) >= 11 is 0. The molecule has 140 valence electrons. The van der Waals surface area contributed by atoms with Crippen molar-refractivity contribution in [3.8, 4) is 0 Å². The highest BCUT2D eigenvalue weighted by molar-refractivity contribution is 6.03. The maximum Gasteiger partial charge on any atom is 0.416 e. The number of para-hydroxylation sites is 1. The lowest BCUT2D eigenvalue weighted by Gasteiger charge is -2.38. The quantitative estimate of drug-likeness (QED) is 0.743. The first-order valence-electron chi connectivity index (χ1n) is 7.83. The number of fused-ring (bicyclic) bond motifs is 3. The van der Waals surface area contributed by atoms with E-state index in [2.05, 4.69) is 0 Å². The van der Waals surface area contributed by atoms with Crippen molar-refractivity contribution in [2.24, 2.45) is 0 Å². The van der Waals surface area contributed by atoms with Crippen molar-refractivity contribution in [2.45, 2.75) is 6.18 Å². The summed E-state index contributed by atoms with van der Waals surface area (Å²) in [6, 6.07) is 10.2. The highest BCUT2D eigenvalue weighted by atomic mass is 19.4. The summed E-state index contributed by atoms with van der Waals surface area (Å²) < 4.78 is 38.3. The van der Waals surface area contributed by atoms with Crippen LogP contribution in [0.3, 0.4) is 0 Å². The van der Waals surface area contributed by atoms with Crippen molar-refractivity contribution in [1.29, 1.82) is 0 Å². The van der Waals surface area contributed by atoms with E-state index in [4.69, 9.17) is 0 Å². The van der Waals surface area contributed by atoms with E-state index in [0.717, 1.165) is 39.2 Å². The van der Waals surface area contributed by atoms with Crippen LogP contribution in [0.5, 0.6) is 0 Å². The first-order chi connectivity index (χ1) is 12.7. The zero-order valence-corrected chi connectivity index (χ0v) is 13.9. The summed E-state index contributed by atoms with van der Waals surface area (Å²) in [5.41, 5.74) is -0.258. The van der Waals surface area contributed by atoms with Gasteiger partial charge in [0.25, 0.3) is 11.8 Å². The van der Waals surface area contributed by atoms with Gasteiger partial charge in [-0.2, -0.15) is 18.5 Å². The van der Waals surface area contributed by atoms with Crippen LogP contribution >= 0.6 is 0 Å². The van der Waals surface area contributed by atoms with Crippen LogP contribution in [-0.4, -0.2) is 23.0 Å². The summed E-state index contributed by atoms with van der Waals surface area (Å²) in [6.45, 7) is 0. The molecule has 27 heavy (non-hydrogen) atoms. The van der Waals surface area contributed by atoms with Crippen molar-refractivity contribution >= 4 is 17.3 Å². The Hall–Kier alpha value is -3.24. The molecule has 0 radical (unpaired) electrons. The fourth-order valence-electron chi connectivity index (χ4n) is 3.16. The van der Waals surface area contributed by atoms with E-state index in [1.807, 2.05) is 0 Å². The largest absolute Gasteiger partial charge is 0.581 e. The molecule has 2 aromatic carbocycles. The van der Waals surface area contributed by atoms with E-state index in [0.29, 0.717) is 5.69 Å². The first kappa shape index (κ1) is 17.2. The van der Waals surface area contributed by atoms with Gasteiger partial charge in [-0.05, 0) is 36.4 Å². The molecule has 2 aliphatic heterocycles. The van der Waals surface area contributed by atoms with Gasteiger partial charge in [0.1, 0.15) is 11.4 Å². The monoisotopic (exact) mass is 378 g/mol. The molecule has 7 nitrogen and oxygen atoms in total. The minimum absolute atomic E-state index is 0.0470. The van der Waals surface area contributed by atoms with E-state index in [1.54, 1.807) is 24.3 Å². The number of carbonyl (C=O) groups excluding carboxylic acids is 1. The second-order valence-electron chi connectivity index (χ2n) is 6.03. The zero-order chi connectivity index (χ0) is 19.5. The van der Waals surface area contributed by atoms with Crippen LogP contribution in [0.2, 0.25) is 0 Å². The Morgan fingerprint density at radius 2 is 1.67 bits per heavy atom. The molecule has 4 rings (SSSR count). The third-order valence-corrected chi connectivity index (χ3v) is 4.46. The molecule has 2 heterocycles. The summed E-state index contributed by atoms with van der Waals surface area (Å²) in [5, 5.41) is 24.8. The Kier molecular flexibility index (Phi) is 3.58. The van der Waals surface area contributed by atoms with Gasteiger partial charge in [-0.1, -0.05) is 12.1 Å². The summed E-state index contributed by atoms with van der Waals surface area (Å²) in [4.78, 5) is 13.6. The molecule has 0 saturated heterocycles. The number of carbonyl (C=O) groups is 1. The van der Waals surface area contributed by atoms with Gasteiger partial charge in [0.2, 0.25) is 5.82 Å². The number of aliphatic hydroxyl groups is 1. The number of hydrogen-bond donors (Lipinski definition) is 2. The Morgan fingerprint density at radius 1 is 1.04 bits per heavy atom. The number of nitrogens with zero attached hydrogens (tertiary/aromatic N) is 3. The number of alkyl halides is 3. The van der Waals surface area contributed by atoms with E-state index in [9.17, 15) is 28.3 Å². The SMILES string of the molecule is CN1C(=O)c2ccccc2N2C1=C(O)N(c1ccc(C(F)(F)F)cc1)[NH+]2[O-]. The lowest BCUT2D eigenvalue weighted by molar-refractivity contribution is -0.854. The number of amides is 1. The Bertz CT molecular complexity index is 959. The fourth-order valence-corrected chi connectivity index (χ4v) is 3.16. The highest BCUT2D eigenvalue weighted by Crippen LogP contribution is 2.35. The molecule has 2 N–H and O–H groups in total. The minimum Gasteiger partial charge on any atom is -0.581 e. The van der Waals surface area contributed by atoms with Gasteiger partial charge in [-0.15, -0.1) is 10.0 Å². The first-order valence-corrected chi connectivity index (χ1v) is 7.83. The van der Waals surface area contributed by atoms with Gasteiger partial charge in [0.05, 0.1) is 11.1 Å². The molecule has 0 aromatic heterocycles.